The summed E-state index contributed by atoms with van der Waals surface area (Å²) >= 11 is 3.49. The van der Waals surface area contributed by atoms with Crippen LogP contribution in [-0.4, -0.2) is 30.4 Å². The van der Waals surface area contributed by atoms with Gasteiger partial charge >= 0.3 is 6.03 Å². The maximum absolute atomic E-state index is 12.4. The lowest BCUT2D eigenvalue weighted by Gasteiger charge is -2.20. The number of aryl methyl sites for hydroxylation is 1. The van der Waals surface area contributed by atoms with Crippen molar-refractivity contribution in [3.05, 3.63) is 63.6 Å². The van der Waals surface area contributed by atoms with E-state index in [2.05, 4.69) is 26.6 Å². The lowest BCUT2D eigenvalue weighted by Crippen LogP contribution is -2.31. The fraction of sp³-hybridized carbons (Fsp3) is 0.263. The molecule has 0 aliphatic rings. The number of halogens is 1. The van der Waals surface area contributed by atoms with E-state index in [9.17, 15) is 9.59 Å². The molecule has 132 valence electrons. The van der Waals surface area contributed by atoms with Crippen molar-refractivity contribution in [3.63, 3.8) is 0 Å². The summed E-state index contributed by atoms with van der Waals surface area (Å²) in [5, 5.41) is 5.65. The number of carbonyl (C=O) groups excluding carboxylic acids is 2. The van der Waals surface area contributed by atoms with E-state index in [0.29, 0.717) is 24.3 Å². The summed E-state index contributed by atoms with van der Waals surface area (Å²) in [6, 6.07) is 12.8. The zero-order valence-electron chi connectivity index (χ0n) is 14.6. The molecule has 2 aromatic rings. The van der Waals surface area contributed by atoms with E-state index in [-0.39, 0.29) is 11.9 Å². The molecule has 0 unspecified atom stereocenters. The fourth-order valence-corrected chi connectivity index (χ4v) is 2.78. The van der Waals surface area contributed by atoms with Gasteiger partial charge in [0.15, 0.2) is 0 Å². The summed E-state index contributed by atoms with van der Waals surface area (Å²) < 4.78 is 0.970. The minimum atomic E-state index is -0.204. The highest BCUT2D eigenvalue weighted by Crippen LogP contribution is 2.19. The Morgan fingerprint density at radius 2 is 1.88 bits per heavy atom. The van der Waals surface area contributed by atoms with Gasteiger partial charge < -0.3 is 15.5 Å². The number of urea groups is 1. The number of benzene rings is 2. The summed E-state index contributed by atoms with van der Waals surface area (Å²) in [7, 11) is 1.74. The van der Waals surface area contributed by atoms with Crippen molar-refractivity contribution in [2.75, 3.05) is 18.9 Å². The smallest absolute Gasteiger partial charge is 0.321 e. The predicted octanol–water partition coefficient (Wildman–Crippen LogP) is 4.17. The summed E-state index contributed by atoms with van der Waals surface area (Å²) in [4.78, 5) is 25.9. The normalized spacial score (nSPS) is 10.2. The lowest BCUT2D eigenvalue weighted by atomic mass is 10.1. The van der Waals surface area contributed by atoms with Crippen LogP contribution in [0.2, 0.25) is 0 Å². The number of amides is 3. The third-order valence-corrected chi connectivity index (χ3v) is 4.55. The first-order valence-corrected chi connectivity index (χ1v) is 8.86. The monoisotopic (exact) mass is 403 g/mol. The Morgan fingerprint density at radius 3 is 2.52 bits per heavy atom. The van der Waals surface area contributed by atoms with E-state index >= 15 is 0 Å². The van der Waals surface area contributed by atoms with Crippen LogP contribution in [0.5, 0.6) is 0 Å². The Kier molecular flexibility index (Phi) is 6.58. The van der Waals surface area contributed by atoms with Crippen LogP contribution in [0.3, 0.4) is 0 Å². The zero-order chi connectivity index (χ0) is 18.4. The average molecular weight is 404 g/mol. The number of hydrogen-bond donors (Lipinski definition) is 2. The summed E-state index contributed by atoms with van der Waals surface area (Å²) in [6.45, 7) is 4.81. The van der Waals surface area contributed by atoms with Crippen LogP contribution in [0.4, 0.5) is 10.5 Å². The van der Waals surface area contributed by atoms with Crippen LogP contribution in [0.1, 0.15) is 28.4 Å². The SMILES string of the molecule is CCNC(=O)c1ccc(NC(=O)N(C)Cc2ccccc2Br)c(C)c1. The number of anilines is 1. The number of nitrogens with zero attached hydrogens (tertiary/aromatic N) is 1. The van der Waals surface area contributed by atoms with Crippen molar-refractivity contribution in [2.24, 2.45) is 0 Å². The molecule has 0 bridgehead atoms. The van der Waals surface area contributed by atoms with Crippen LogP contribution in [-0.2, 0) is 6.54 Å². The molecule has 25 heavy (non-hydrogen) atoms. The summed E-state index contributed by atoms with van der Waals surface area (Å²) in [5.41, 5.74) is 3.14. The summed E-state index contributed by atoms with van der Waals surface area (Å²) in [6.07, 6.45) is 0. The third-order valence-electron chi connectivity index (χ3n) is 3.78. The molecule has 2 aromatic carbocycles. The molecule has 0 spiro atoms. The van der Waals surface area contributed by atoms with Crippen molar-refractivity contribution < 1.29 is 9.59 Å². The van der Waals surface area contributed by atoms with Crippen molar-refractivity contribution in [1.29, 1.82) is 0 Å². The second kappa shape index (κ2) is 8.67. The third kappa shape index (κ3) is 5.06. The van der Waals surface area contributed by atoms with Gasteiger partial charge in [-0.05, 0) is 49.2 Å². The average Bonchev–Trinajstić information content (AvgIpc) is 2.58. The molecule has 3 amide bonds. The van der Waals surface area contributed by atoms with Crippen molar-refractivity contribution in [1.82, 2.24) is 10.2 Å². The van der Waals surface area contributed by atoms with E-state index in [1.54, 1.807) is 30.1 Å². The van der Waals surface area contributed by atoms with Gasteiger partial charge in [-0.2, -0.15) is 0 Å². The van der Waals surface area contributed by atoms with Crippen LogP contribution in [0, 0.1) is 6.92 Å². The van der Waals surface area contributed by atoms with Gasteiger partial charge in [0.2, 0.25) is 0 Å². The minimum Gasteiger partial charge on any atom is -0.352 e. The molecule has 6 heteroatoms. The van der Waals surface area contributed by atoms with Gasteiger partial charge in [0.25, 0.3) is 5.91 Å². The molecule has 0 aliphatic heterocycles. The van der Waals surface area contributed by atoms with Gasteiger partial charge in [-0.1, -0.05) is 34.1 Å². The first-order chi connectivity index (χ1) is 11.9. The fourth-order valence-electron chi connectivity index (χ4n) is 2.37. The molecule has 0 heterocycles. The topological polar surface area (TPSA) is 61.4 Å². The second-order valence-corrected chi connectivity index (χ2v) is 6.62. The van der Waals surface area contributed by atoms with Crippen LogP contribution in [0.15, 0.2) is 46.9 Å². The number of rotatable bonds is 5. The van der Waals surface area contributed by atoms with Gasteiger partial charge in [-0.15, -0.1) is 0 Å². The quantitative estimate of drug-likeness (QED) is 0.786. The molecule has 2 N–H and O–H groups in total. The maximum Gasteiger partial charge on any atom is 0.321 e. The highest BCUT2D eigenvalue weighted by molar-refractivity contribution is 9.10. The number of nitrogens with one attached hydrogen (secondary N) is 2. The molecular formula is C19H22BrN3O2. The first-order valence-electron chi connectivity index (χ1n) is 8.06. The van der Waals surface area contributed by atoms with Crippen LogP contribution in [0.25, 0.3) is 0 Å². The van der Waals surface area contributed by atoms with Crippen LogP contribution >= 0.6 is 15.9 Å². The molecule has 0 aromatic heterocycles. The van der Waals surface area contributed by atoms with E-state index < -0.39 is 0 Å². The van der Waals surface area contributed by atoms with Gasteiger partial charge in [0.1, 0.15) is 0 Å². The Bertz CT molecular complexity index is 777. The van der Waals surface area contributed by atoms with Crippen molar-refractivity contribution >= 4 is 33.6 Å². The van der Waals surface area contributed by atoms with Crippen molar-refractivity contribution in [3.8, 4) is 0 Å². The van der Waals surface area contributed by atoms with E-state index in [4.69, 9.17) is 0 Å². The Morgan fingerprint density at radius 1 is 1.16 bits per heavy atom. The van der Waals surface area contributed by atoms with E-state index in [1.165, 1.54) is 0 Å². The minimum absolute atomic E-state index is 0.116. The molecule has 0 fully saturated rings. The second-order valence-electron chi connectivity index (χ2n) is 5.77. The Balaban J connectivity index is 2.04. The van der Waals surface area contributed by atoms with Gasteiger partial charge in [-0.3, -0.25) is 4.79 Å². The van der Waals surface area contributed by atoms with Crippen molar-refractivity contribution in [2.45, 2.75) is 20.4 Å². The summed E-state index contributed by atoms with van der Waals surface area (Å²) in [5.74, 6) is -0.116. The maximum atomic E-state index is 12.4. The van der Waals surface area contributed by atoms with Gasteiger partial charge in [0, 0.05) is 35.9 Å². The van der Waals surface area contributed by atoms with E-state index in [0.717, 1.165) is 15.6 Å². The lowest BCUT2D eigenvalue weighted by molar-refractivity contribution is 0.0955. The highest BCUT2D eigenvalue weighted by atomic mass is 79.9. The molecular weight excluding hydrogens is 382 g/mol. The number of hydrogen-bond acceptors (Lipinski definition) is 2. The predicted molar refractivity (Wildman–Crippen MR) is 104 cm³/mol. The molecule has 0 saturated carbocycles. The van der Waals surface area contributed by atoms with E-state index in [1.807, 2.05) is 38.1 Å². The van der Waals surface area contributed by atoms with Crippen LogP contribution < -0.4 is 10.6 Å². The van der Waals surface area contributed by atoms with Gasteiger partial charge in [-0.25, -0.2) is 4.79 Å². The zero-order valence-corrected chi connectivity index (χ0v) is 16.2. The molecule has 2 rings (SSSR count). The number of carbonyl (C=O) groups is 2. The largest absolute Gasteiger partial charge is 0.352 e. The Labute approximate surface area is 156 Å². The molecule has 0 aliphatic carbocycles. The molecule has 0 saturated heterocycles. The molecule has 0 atom stereocenters. The first kappa shape index (κ1) is 19.0. The standard InChI is InChI=1S/C19H22BrN3O2/c1-4-21-18(24)14-9-10-17(13(2)11-14)22-19(25)23(3)12-15-7-5-6-8-16(15)20/h5-11H,4,12H2,1-3H3,(H,21,24)(H,22,25). The molecule has 5 nitrogen and oxygen atoms in total. The molecule has 0 radical (unpaired) electrons. The highest BCUT2D eigenvalue weighted by Gasteiger charge is 2.13. The Hall–Kier alpha value is -2.34. The van der Waals surface area contributed by atoms with Gasteiger partial charge in [0.05, 0.1) is 0 Å².